The van der Waals surface area contributed by atoms with Crippen LogP contribution in [-0.4, -0.2) is 5.78 Å². The van der Waals surface area contributed by atoms with Crippen molar-refractivity contribution in [3.8, 4) is 0 Å². The van der Waals surface area contributed by atoms with Gasteiger partial charge in [-0.15, -0.1) is 11.8 Å². The molecule has 3 aromatic carbocycles. The first-order chi connectivity index (χ1) is 12.8. The lowest BCUT2D eigenvalue weighted by Crippen LogP contribution is -2.19. The number of carbonyl (C=O) groups is 1. The quantitative estimate of drug-likeness (QED) is 0.515. The molecule has 1 saturated heterocycles. The second-order valence-electron chi connectivity index (χ2n) is 6.46. The molecule has 26 heavy (non-hydrogen) atoms. The average Bonchev–Trinajstić information content (AvgIpc) is 2.71. The van der Waals surface area contributed by atoms with E-state index < -0.39 is 0 Å². The van der Waals surface area contributed by atoms with Crippen LogP contribution in [0.1, 0.15) is 33.6 Å². The molecule has 0 radical (unpaired) electrons. The number of Topliss-reactive ketones (excluding diaryl/α,β-unsaturated/α-hetero) is 1. The van der Waals surface area contributed by atoms with Gasteiger partial charge >= 0.3 is 0 Å². The number of rotatable bonds is 3. The third kappa shape index (κ3) is 3.66. The zero-order chi connectivity index (χ0) is 17.8. The summed E-state index contributed by atoms with van der Waals surface area (Å²) in [4.78, 5) is 13.1. The Hall–Kier alpha value is -2.58. The van der Waals surface area contributed by atoms with Gasteiger partial charge in [-0.05, 0) is 22.8 Å². The molecule has 0 aromatic heterocycles. The molecule has 0 unspecified atom stereocenters. The number of benzene rings is 3. The van der Waals surface area contributed by atoms with E-state index in [9.17, 15) is 4.79 Å². The van der Waals surface area contributed by atoms with Crippen molar-refractivity contribution >= 4 is 23.6 Å². The van der Waals surface area contributed by atoms with Crippen molar-refractivity contribution < 1.29 is 4.79 Å². The first kappa shape index (κ1) is 16.9. The molecule has 0 N–H and O–H groups in total. The topological polar surface area (TPSA) is 17.1 Å². The first-order valence-corrected chi connectivity index (χ1v) is 9.81. The predicted molar refractivity (Wildman–Crippen MR) is 110 cm³/mol. The van der Waals surface area contributed by atoms with Crippen molar-refractivity contribution in [3.05, 3.63) is 113 Å². The molecule has 0 aliphatic carbocycles. The highest BCUT2D eigenvalue weighted by atomic mass is 32.2. The molecule has 0 amide bonds. The maximum absolute atomic E-state index is 13.1. The summed E-state index contributed by atoms with van der Waals surface area (Å²) in [5.74, 6) is 0.246. The van der Waals surface area contributed by atoms with Crippen LogP contribution in [0.2, 0.25) is 0 Å². The van der Waals surface area contributed by atoms with Gasteiger partial charge in [0.25, 0.3) is 0 Å². The lowest BCUT2D eigenvalue weighted by atomic mass is 9.94. The fraction of sp³-hybridized carbons (Fsp3) is 0.125. The smallest absolute Gasteiger partial charge is 0.161 e. The van der Waals surface area contributed by atoms with Crippen molar-refractivity contribution in [1.82, 2.24) is 0 Å². The minimum Gasteiger partial charge on any atom is -0.294 e. The van der Waals surface area contributed by atoms with Gasteiger partial charge in [0.05, 0.1) is 5.25 Å². The van der Waals surface area contributed by atoms with Crippen LogP contribution in [0, 0.1) is 0 Å². The lowest BCUT2D eigenvalue weighted by Gasteiger charge is -2.31. The standard InChI is InChI=1S/C24H20OS/c25-22-17-23(19-12-6-2-7-13-19)26-24(20-14-8-3-9-15-20)21(22)16-18-10-4-1-5-11-18/h1-16,23-24H,17H2/t23-,24-/m0/s1. The zero-order valence-electron chi connectivity index (χ0n) is 14.4. The SMILES string of the molecule is O=C1C[C@@H](c2ccccc2)S[C@@H](c2ccccc2)C1=Cc1ccccc1. The van der Waals surface area contributed by atoms with Crippen molar-refractivity contribution in [3.63, 3.8) is 0 Å². The van der Waals surface area contributed by atoms with Crippen LogP contribution >= 0.6 is 11.8 Å². The lowest BCUT2D eigenvalue weighted by molar-refractivity contribution is -0.115. The molecule has 1 fully saturated rings. The Balaban J connectivity index is 1.74. The molecular weight excluding hydrogens is 336 g/mol. The summed E-state index contributed by atoms with van der Waals surface area (Å²) in [6.07, 6.45) is 2.62. The largest absolute Gasteiger partial charge is 0.294 e. The second kappa shape index (κ2) is 7.76. The van der Waals surface area contributed by atoms with Crippen LogP contribution in [0.3, 0.4) is 0 Å². The maximum atomic E-state index is 13.1. The van der Waals surface area contributed by atoms with E-state index in [1.165, 1.54) is 11.1 Å². The zero-order valence-corrected chi connectivity index (χ0v) is 15.2. The van der Waals surface area contributed by atoms with Gasteiger partial charge in [0, 0.05) is 17.2 Å². The molecule has 1 heterocycles. The molecule has 1 aliphatic rings. The van der Waals surface area contributed by atoms with Gasteiger partial charge in [-0.3, -0.25) is 4.79 Å². The Kier molecular flexibility index (Phi) is 5.03. The Morgan fingerprint density at radius 2 is 1.27 bits per heavy atom. The molecule has 1 nitrogen and oxygen atoms in total. The Morgan fingerprint density at radius 1 is 0.731 bits per heavy atom. The minimum atomic E-state index is 0.0582. The summed E-state index contributed by atoms with van der Waals surface area (Å²) in [6, 6.07) is 30.9. The van der Waals surface area contributed by atoms with E-state index in [0.717, 1.165) is 11.1 Å². The van der Waals surface area contributed by atoms with Crippen LogP contribution < -0.4 is 0 Å². The average molecular weight is 356 g/mol. The molecule has 2 atom stereocenters. The molecule has 0 saturated carbocycles. The summed E-state index contributed by atoms with van der Waals surface area (Å²) in [5, 5.41) is 0.254. The van der Waals surface area contributed by atoms with Crippen LogP contribution in [-0.2, 0) is 4.79 Å². The van der Waals surface area contributed by atoms with Crippen LogP contribution in [0.4, 0.5) is 0 Å². The van der Waals surface area contributed by atoms with E-state index >= 15 is 0 Å². The summed E-state index contributed by atoms with van der Waals surface area (Å²) in [7, 11) is 0. The van der Waals surface area contributed by atoms with Crippen LogP contribution in [0.25, 0.3) is 6.08 Å². The Bertz CT molecular complexity index is 901. The second-order valence-corrected chi connectivity index (χ2v) is 7.78. The number of hydrogen-bond donors (Lipinski definition) is 0. The van der Waals surface area contributed by atoms with Crippen LogP contribution in [0.15, 0.2) is 96.6 Å². The molecular formula is C24H20OS. The third-order valence-electron chi connectivity index (χ3n) is 4.67. The molecule has 4 rings (SSSR count). The Labute approximate surface area is 158 Å². The van der Waals surface area contributed by atoms with Gasteiger partial charge in [-0.2, -0.15) is 0 Å². The van der Waals surface area contributed by atoms with Crippen molar-refractivity contribution in [2.75, 3.05) is 0 Å². The van der Waals surface area contributed by atoms with Crippen molar-refractivity contribution in [2.24, 2.45) is 0 Å². The minimum absolute atomic E-state index is 0.0582. The normalized spacial score (nSPS) is 21.7. The summed E-state index contributed by atoms with van der Waals surface area (Å²) in [6.45, 7) is 0. The van der Waals surface area contributed by atoms with Gasteiger partial charge in [0.1, 0.15) is 0 Å². The summed E-state index contributed by atoms with van der Waals surface area (Å²) < 4.78 is 0. The van der Waals surface area contributed by atoms with E-state index in [-0.39, 0.29) is 16.3 Å². The number of thioether (sulfide) groups is 1. The fourth-order valence-electron chi connectivity index (χ4n) is 3.35. The molecule has 1 aliphatic heterocycles. The van der Waals surface area contributed by atoms with E-state index in [0.29, 0.717) is 6.42 Å². The molecule has 0 bridgehead atoms. The maximum Gasteiger partial charge on any atom is 0.161 e. The van der Waals surface area contributed by atoms with E-state index in [2.05, 4.69) is 42.5 Å². The highest BCUT2D eigenvalue weighted by Gasteiger charge is 2.34. The van der Waals surface area contributed by atoms with Gasteiger partial charge in [0.15, 0.2) is 5.78 Å². The van der Waals surface area contributed by atoms with Gasteiger partial charge in [0.2, 0.25) is 0 Å². The molecule has 0 spiro atoms. The predicted octanol–water partition coefficient (Wildman–Crippen LogP) is 6.26. The van der Waals surface area contributed by atoms with Crippen LogP contribution in [0.5, 0.6) is 0 Å². The highest BCUT2D eigenvalue weighted by molar-refractivity contribution is 8.00. The Morgan fingerprint density at radius 3 is 1.88 bits per heavy atom. The highest BCUT2D eigenvalue weighted by Crippen LogP contribution is 2.51. The van der Waals surface area contributed by atoms with Crippen molar-refractivity contribution in [2.45, 2.75) is 16.9 Å². The number of ketones is 1. The molecule has 128 valence electrons. The molecule has 3 aromatic rings. The van der Waals surface area contributed by atoms with E-state index in [1.54, 1.807) is 0 Å². The van der Waals surface area contributed by atoms with Gasteiger partial charge in [-0.1, -0.05) is 91.0 Å². The van der Waals surface area contributed by atoms with E-state index in [1.807, 2.05) is 66.4 Å². The fourth-order valence-corrected chi connectivity index (χ4v) is 4.90. The molecule has 2 heteroatoms. The van der Waals surface area contributed by atoms with Gasteiger partial charge in [-0.25, -0.2) is 0 Å². The van der Waals surface area contributed by atoms with Crippen molar-refractivity contribution in [1.29, 1.82) is 0 Å². The monoisotopic (exact) mass is 356 g/mol. The third-order valence-corrected chi connectivity index (χ3v) is 6.24. The van der Waals surface area contributed by atoms with E-state index in [4.69, 9.17) is 0 Å². The van der Waals surface area contributed by atoms with Gasteiger partial charge < -0.3 is 0 Å². The summed E-state index contributed by atoms with van der Waals surface area (Å²) >= 11 is 1.88. The number of carbonyl (C=O) groups excluding carboxylic acids is 1. The number of hydrogen-bond acceptors (Lipinski definition) is 2. The first-order valence-electron chi connectivity index (χ1n) is 8.86. The summed E-state index contributed by atoms with van der Waals surface area (Å²) in [5.41, 5.74) is 4.40.